The molecule has 0 atom stereocenters. The van der Waals surface area contributed by atoms with Gasteiger partial charge >= 0.3 is 5.97 Å². The third-order valence-electron chi connectivity index (χ3n) is 2.61. The summed E-state index contributed by atoms with van der Waals surface area (Å²) in [7, 11) is 0. The van der Waals surface area contributed by atoms with Crippen LogP contribution in [0.4, 0.5) is 0 Å². The van der Waals surface area contributed by atoms with Gasteiger partial charge in [-0.2, -0.15) is 0 Å². The molecule has 0 spiro atoms. The molecular formula is C14H12O4. The van der Waals surface area contributed by atoms with E-state index in [1.54, 1.807) is 18.2 Å². The van der Waals surface area contributed by atoms with E-state index in [0.29, 0.717) is 5.56 Å². The lowest BCUT2D eigenvalue weighted by Crippen LogP contribution is -2.01. The Bertz CT molecular complexity index is 573. The van der Waals surface area contributed by atoms with Crippen molar-refractivity contribution in [1.29, 1.82) is 0 Å². The van der Waals surface area contributed by atoms with Crippen LogP contribution in [0, 0.1) is 0 Å². The Morgan fingerprint density at radius 3 is 2.17 bits per heavy atom. The number of hydrogen-bond acceptors (Lipinski definition) is 3. The summed E-state index contributed by atoms with van der Waals surface area (Å²) in [6.45, 7) is 0. The molecule has 0 amide bonds. The number of carbonyl (C=O) groups is 1. The number of phenols is 2. The number of benzene rings is 2. The predicted octanol–water partition coefficient (Wildman–Crippen LogP) is 2.39. The van der Waals surface area contributed by atoms with E-state index in [0.717, 1.165) is 11.1 Å². The van der Waals surface area contributed by atoms with Gasteiger partial charge in [0.1, 0.15) is 11.5 Å². The zero-order valence-corrected chi connectivity index (χ0v) is 9.50. The van der Waals surface area contributed by atoms with Crippen LogP contribution in [0.1, 0.15) is 5.56 Å². The second-order valence-electron chi connectivity index (χ2n) is 3.96. The number of carboxylic acids is 1. The molecular weight excluding hydrogens is 232 g/mol. The quantitative estimate of drug-likeness (QED) is 0.774. The molecule has 2 aromatic carbocycles. The summed E-state index contributed by atoms with van der Waals surface area (Å²) in [5, 5.41) is 27.5. The molecule has 2 rings (SSSR count). The number of aromatic hydroxyl groups is 2. The van der Waals surface area contributed by atoms with Crippen molar-refractivity contribution in [3.8, 4) is 22.6 Å². The minimum atomic E-state index is -0.958. The fraction of sp³-hybridized carbons (Fsp3) is 0.0714. The molecule has 0 radical (unpaired) electrons. The van der Waals surface area contributed by atoms with Crippen molar-refractivity contribution >= 4 is 5.97 Å². The zero-order chi connectivity index (χ0) is 13.1. The van der Waals surface area contributed by atoms with Crippen LogP contribution in [0.3, 0.4) is 0 Å². The second kappa shape index (κ2) is 4.79. The summed E-state index contributed by atoms with van der Waals surface area (Å²) in [4.78, 5) is 10.8. The highest BCUT2D eigenvalue weighted by Gasteiger charge is 2.09. The number of rotatable bonds is 3. The van der Waals surface area contributed by atoms with Crippen LogP contribution in [0.5, 0.6) is 11.5 Å². The molecule has 0 unspecified atom stereocenters. The molecule has 0 aliphatic heterocycles. The Morgan fingerprint density at radius 2 is 1.56 bits per heavy atom. The number of hydrogen-bond donors (Lipinski definition) is 3. The van der Waals surface area contributed by atoms with Crippen LogP contribution in [0.15, 0.2) is 42.5 Å². The largest absolute Gasteiger partial charge is 0.508 e. The molecule has 0 heterocycles. The maximum Gasteiger partial charge on any atom is 0.307 e. The van der Waals surface area contributed by atoms with Crippen LogP contribution in [0.2, 0.25) is 0 Å². The predicted molar refractivity (Wildman–Crippen MR) is 66.5 cm³/mol. The first-order valence-corrected chi connectivity index (χ1v) is 5.39. The molecule has 0 bridgehead atoms. The molecule has 0 aromatic heterocycles. The third kappa shape index (κ3) is 2.60. The molecule has 2 aromatic rings. The Labute approximate surface area is 104 Å². The van der Waals surface area contributed by atoms with E-state index in [9.17, 15) is 15.0 Å². The van der Waals surface area contributed by atoms with Gasteiger partial charge in [-0.05, 0) is 41.0 Å². The Hall–Kier alpha value is -2.49. The van der Waals surface area contributed by atoms with Crippen LogP contribution in [0.25, 0.3) is 11.1 Å². The van der Waals surface area contributed by atoms with Gasteiger partial charge in [-0.25, -0.2) is 0 Å². The first-order valence-electron chi connectivity index (χ1n) is 5.39. The minimum Gasteiger partial charge on any atom is -0.508 e. The van der Waals surface area contributed by atoms with Crippen LogP contribution in [-0.4, -0.2) is 21.3 Å². The molecule has 18 heavy (non-hydrogen) atoms. The third-order valence-corrected chi connectivity index (χ3v) is 2.61. The van der Waals surface area contributed by atoms with Gasteiger partial charge in [0, 0.05) is 0 Å². The molecule has 0 aliphatic carbocycles. The highest BCUT2D eigenvalue weighted by Crippen LogP contribution is 2.28. The number of phenolic OH excluding ortho intramolecular Hbond substituents is 2. The zero-order valence-electron chi connectivity index (χ0n) is 9.50. The Kier molecular flexibility index (Phi) is 3.19. The van der Waals surface area contributed by atoms with Crippen molar-refractivity contribution in [2.75, 3.05) is 0 Å². The molecule has 4 heteroatoms. The van der Waals surface area contributed by atoms with Crippen molar-refractivity contribution in [1.82, 2.24) is 0 Å². The maximum absolute atomic E-state index is 10.8. The fourth-order valence-corrected chi connectivity index (χ4v) is 1.81. The first-order chi connectivity index (χ1) is 8.56. The molecule has 0 saturated carbocycles. The van der Waals surface area contributed by atoms with Gasteiger partial charge in [-0.3, -0.25) is 4.79 Å². The molecule has 4 nitrogen and oxygen atoms in total. The lowest BCUT2D eigenvalue weighted by atomic mass is 9.97. The van der Waals surface area contributed by atoms with Crippen LogP contribution in [-0.2, 0) is 11.2 Å². The van der Waals surface area contributed by atoms with Gasteiger partial charge in [0.05, 0.1) is 6.42 Å². The van der Waals surface area contributed by atoms with Crippen molar-refractivity contribution in [2.24, 2.45) is 0 Å². The van der Waals surface area contributed by atoms with E-state index in [-0.39, 0.29) is 17.9 Å². The first kappa shape index (κ1) is 12.0. The molecule has 0 fully saturated rings. The number of carboxylic acid groups (broad SMARTS) is 1. The van der Waals surface area contributed by atoms with Crippen molar-refractivity contribution in [3.63, 3.8) is 0 Å². The maximum atomic E-state index is 10.8. The van der Waals surface area contributed by atoms with E-state index in [1.807, 2.05) is 0 Å². The van der Waals surface area contributed by atoms with Gasteiger partial charge < -0.3 is 15.3 Å². The molecule has 92 valence electrons. The minimum absolute atomic E-state index is 0.0359. The van der Waals surface area contributed by atoms with Crippen molar-refractivity contribution < 1.29 is 20.1 Å². The number of aliphatic carboxylic acids is 1. The Morgan fingerprint density at radius 1 is 0.944 bits per heavy atom. The highest BCUT2D eigenvalue weighted by atomic mass is 16.4. The van der Waals surface area contributed by atoms with Gasteiger partial charge in [0.15, 0.2) is 0 Å². The highest BCUT2D eigenvalue weighted by molar-refractivity contribution is 5.77. The van der Waals surface area contributed by atoms with E-state index in [2.05, 4.69) is 0 Å². The van der Waals surface area contributed by atoms with Crippen LogP contribution >= 0.6 is 0 Å². The summed E-state index contributed by atoms with van der Waals surface area (Å²) in [6.07, 6.45) is -0.162. The van der Waals surface area contributed by atoms with E-state index in [4.69, 9.17) is 5.11 Å². The SMILES string of the molecule is O=C(O)Cc1cc(O)ccc1-c1ccc(O)cc1. The second-order valence-corrected chi connectivity index (χ2v) is 3.96. The smallest absolute Gasteiger partial charge is 0.307 e. The lowest BCUT2D eigenvalue weighted by molar-refractivity contribution is -0.136. The van der Waals surface area contributed by atoms with Gasteiger partial charge in [0.2, 0.25) is 0 Å². The lowest BCUT2D eigenvalue weighted by Gasteiger charge is -2.09. The van der Waals surface area contributed by atoms with Gasteiger partial charge in [0.25, 0.3) is 0 Å². The summed E-state index contributed by atoms with van der Waals surface area (Å²) in [5.74, 6) is -0.772. The topological polar surface area (TPSA) is 77.8 Å². The monoisotopic (exact) mass is 244 g/mol. The van der Waals surface area contributed by atoms with E-state index < -0.39 is 5.97 Å². The summed E-state index contributed by atoms with van der Waals surface area (Å²) in [5.41, 5.74) is 2.06. The average molecular weight is 244 g/mol. The van der Waals surface area contributed by atoms with Crippen molar-refractivity contribution in [3.05, 3.63) is 48.0 Å². The van der Waals surface area contributed by atoms with E-state index >= 15 is 0 Å². The standard InChI is InChI=1S/C14H12O4/c15-11-3-1-9(2-4-11)13-6-5-12(16)7-10(13)8-14(17)18/h1-7,15-16H,8H2,(H,17,18). The van der Waals surface area contributed by atoms with Gasteiger partial charge in [-0.15, -0.1) is 0 Å². The average Bonchev–Trinajstić information content (AvgIpc) is 2.30. The Balaban J connectivity index is 2.49. The van der Waals surface area contributed by atoms with Gasteiger partial charge in [-0.1, -0.05) is 18.2 Å². The molecule has 3 N–H and O–H groups in total. The molecule has 0 saturated heterocycles. The van der Waals surface area contributed by atoms with Crippen LogP contribution < -0.4 is 0 Å². The fourth-order valence-electron chi connectivity index (χ4n) is 1.81. The van der Waals surface area contributed by atoms with E-state index in [1.165, 1.54) is 24.3 Å². The summed E-state index contributed by atoms with van der Waals surface area (Å²) >= 11 is 0. The summed E-state index contributed by atoms with van der Waals surface area (Å²) < 4.78 is 0. The van der Waals surface area contributed by atoms with Crippen molar-refractivity contribution in [2.45, 2.75) is 6.42 Å². The normalized spacial score (nSPS) is 10.2. The summed E-state index contributed by atoms with van der Waals surface area (Å²) in [6, 6.07) is 11.1. The molecule has 0 aliphatic rings.